The summed E-state index contributed by atoms with van der Waals surface area (Å²) in [5.74, 6) is -5.21. The number of benzene rings is 2. The average molecular weight is 603 g/mol. The fourth-order valence-electron chi connectivity index (χ4n) is 7.30. The fourth-order valence-corrected chi connectivity index (χ4v) is 7.30. The second-order valence-corrected chi connectivity index (χ2v) is 11.7. The first-order valence-electron chi connectivity index (χ1n) is 13.9. The monoisotopic (exact) mass is 602 g/mol. The van der Waals surface area contributed by atoms with Gasteiger partial charge in [-0.05, 0) is 68.8 Å². The van der Waals surface area contributed by atoms with Crippen LogP contribution in [0.25, 0.3) is 16.9 Å². The largest absolute Gasteiger partial charge is 0.509 e. The van der Waals surface area contributed by atoms with E-state index in [1.165, 1.54) is 25.1 Å². The van der Waals surface area contributed by atoms with Gasteiger partial charge in [-0.1, -0.05) is 12.1 Å². The summed E-state index contributed by atoms with van der Waals surface area (Å²) in [5.41, 5.74) is 19.4. The van der Waals surface area contributed by atoms with E-state index >= 15 is 0 Å². The molecule has 1 fully saturated rings. The number of aromatic hydroxyl groups is 1. The molecule has 1 amide bonds. The first-order valence-corrected chi connectivity index (χ1v) is 13.9. The van der Waals surface area contributed by atoms with Crippen LogP contribution in [0.15, 0.2) is 47.2 Å². The SMILES string of the molecule is CCOc1ccc(-c2ccc(O)c3c2C[C@@]2(N)C[C@@]4(N)[C@H](N(C)C)C(=O)C(C(N)=O)=C(O)[C@@]4(C#N)C(=O)C2=C3O)cc1CN. The number of aliphatic hydroxyl groups excluding tert-OH is 2. The van der Waals surface area contributed by atoms with Crippen molar-refractivity contribution in [3.63, 3.8) is 0 Å². The summed E-state index contributed by atoms with van der Waals surface area (Å²) >= 11 is 0. The van der Waals surface area contributed by atoms with E-state index < -0.39 is 69.1 Å². The maximum Gasteiger partial charge on any atom is 0.255 e. The van der Waals surface area contributed by atoms with Gasteiger partial charge in [0.15, 0.2) is 17.0 Å². The number of nitrogens with zero attached hydrogens (tertiary/aromatic N) is 2. The van der Waals surface area contributed by atoms with Gasteiger partial charge >= 0.3 is 0 Å². The van der Waals surface area contributed by atoms with Crippen molar-refractivity contribution in [1.82, 2.24) is 4.90 Å². The van der Waals surface area contributed by atoms with Gasteiger partial charge in [-0.15, -0.1) is 0 Å². The van der Waals surface area contributed by atoms with E-state index in [0.717, 1.165) is 0 Å². The predicted octanol–water partition coefficient (Wildman–Crippen LogP) is 0.430. The van der Waals surface area contributed by atoms with E-state index in [4.69, 9.17) is 27.7 Å². The van der Waals surface area contributed by atoms with E-state index in [1.54, 1.807) is 24.3 Å². The minimum Gasteiger partial charge on any atom is -0.509 e. The second kappa shape index (κ2) is 10.2. The Balaban J connectivity index is 1.82. The number of phenols is 1. The van der Waals surface area contributed by atoms with E-state index in [2.05, 4.69) is 0 Å². The highest BCUT2D eigenvalue weighted by Crippen LogP contribution is 2.58. The van der Waals surface area contributed by atoms with Crippen LogP contribution < -0.4 is 27.7 Å². The van der Waals surface area contributed by atoms with E-state index in [0.29, 0.717) is 34.6 Å². The van der Waals surface area contributed by atoms with Crippen LogP contribution in [0.2, 0.25) is 0 Å². The third kappa shape index (κ3) is 3.82. The zero-order valence-corrected chi connectivity index (χ0v) is 24.5. The molecule has 0 bridgehead atoms. The lowest BCUT2D eigenvalue weighted by atomic mass is 9.47. The summed E-state index contributed by atoms with van der Waals surface area (Å²) in [4.78, 5) is 41.7. The summed E-state index contributed by atoms with van der Waals surface area (Å²) in [6.45, 7) is 2.45. The molecule has 0 saturated heterocycles. The number of carbonyl (C=O) groups excluding carboxylic acids is 3. The van der Waals surface area contributed by atoms with Gasteiger partial charge < -0.3 is 43.0 Å². The van der Waals surface area contributed by atoms with Crippen LogP contribution in [0.5, 0.6) is 11.5 Å². The number of carbonyl (C=O) groups is 3. The lowest BCUT2D eigenvalue weighted by Crippen LogP contribution is -2.80. The molecule has 0 spiro atoms. The molecule has 13 nitrogen and oxygen atoms in total. The Bertz CT molecular complexity index is 1760. The predicted molar refractivity (Wildman–Crippen MR) is 159 cm³/mol. The Morgan fingerprint density at radius 2 is 1.84 bits per heavy atom. The molecule has 3 aliphatic carbocycles. The molecule has 3 aliphatic rings. The maximum atomic E-state index is 14.5. The van der Waals surface area contributed by atoms with Crippen LogP contribution in [-0.4, -0.2) is 75.5 Å². The van der Waals surface area contributed by atoms with Gasteiger partial charge in [0.05, 0.1) is 40.9 Å². The molecule has 0 heterocycles. The van der Waals surface area contributed by atoms with Gasteiger partial charge in [0.1, 0.15) is 28.6 Å². The van der Waals surface area contributed by atoms with Crippen LogP contribution in [-0.2, 0) is 27.3 Å². The third-order valence-electron chi connectivity index (χ3n) is 9.02. The lowest BCUT2D eigenvalue weighted by molar-refractivity contribution is -0.139. The lowest BCUT2D eigenvalue weighted by Gasteiger charge is -2.58. The third-order valence-corrected chi connectivity index (χ3v) is 9.02. The summed E-state index contributed by atoms with van der Waals surface area (Å²) in [6, 6.07) is 8.60. The van der Waals surface area contributed by atoms with Gasteiger partial charge in [0, 0.05) is 12.1 Å². The highest BCUT2D eigenvalue weighted by molar-refractivity contribution is 6.25. The zero-order valence-electron chi connectivity index (χ0n) is 24.5. The Morgan fingerprint density at radius 1 is 1.16 bits per heavy atom. The molecule has 1 saturated carbocycles. The number of primary amides is 1. The molecular formula is C31H34N6O7. The molecule has 44 heavy (non-hydrogen) atoms. The maximum absolute atomic E-state index is 14.5. The normalized spacial score (nSPS) is 27.9. The number of ketones is 2. The van der Waals surface area contributed by atoms with Crippen molar-refractivity contribution in [1.29, 1.82) is 5.26 Å². The molecule has 0 aliphatic heterocycles. The van der Waals surface area contributed by atoms with Crippen LogP contribution in [0.4, 0.5) is 0 Å². The zero-order chi connectivity index (χ0) is 32.5. The standard InChI is InChI=1S/C31H34N6O7/c1-4-44-19-8-5-14(9-15(19)11-32)16-6-7-18(38)20-17(16)10-29(35)12-31(36)25(37(2)3)24(40)21(28(34)43)26(41)30(31,13-33)27(42)22(29)23(20)39/h5-9,25,38-39,41H,4,10-12,32,35-36H2,1-3H3,(H2,34,43)/t25-,29-,30+,31-/m1/s1. The number of hydrogen-bond acceptors (Lipinski definition) is 12. The van der Waals surface area contributed by atoms with Crippen LogP contribution in [0.1, 0.15) is 30.0 Å². The molecule has 0 unspecified atom stereocenters. The first-order chi connectivity index (χ1) is 20.6. The van der Waals surface area contributed by atoms with Gasteiger partial charge in [-0.25, -0.2) is 0 Å². The number of hydrogen-bond donors (Lipinski definition) is 7. The van der Waals surface area contributed by atoms with Crippen molar-refractivity contribution in [2.75, 3.05) is 20.7 Å². The van der Waals surface area contributed by atoms with Gasteiger partial charge in [-0.3, -0.25) is 19.3 Å². The quantitative estimate of drug-likeness (QED) is 0.222. The van der Waals surface area contributed by atoms with E-state index in [-0.39, 0.29) is 24.3 Å². The fraction of sp³-hybridized carbons (Fsp3) is 0.355. The van der Waals surface area contributed by atoms with Crippen molar-refractivity contribution < 1.29 is 34.4 Å². The molecule has 13 heteroatoms. The number of aliphatic hydroxyl groups is 2. The molecule has 2 aromatic rings. The number of rotatable bonds is 6. The molecular weight excluding hydrogens is 568 g/mol. The topological polar surface area (TPSA) is 252 Å². The van der Waals surface area contributed by atoms with Crippen molar-refractivity contribution in [3.05, 3.63) is 63.9 Å². The van der Waals surface area contributed by atoms with E-state index in [9.17, 15) is 35.0 Å². The van der Waals surface area contributed by atoms with Crippen LogP contribution in [0, 0.1) is 16.7 Å². The smallest absolute Gasteiger partial charge is 0.255 e. The number of fused-ring (bicyclic) bond motifs is 3. The summed E-state index contributed by atoms with van der Waals surface area (Å²) in [7, 11) is 2.92. The second-order valence-electron chi connectivity index (χ2n) is 11.7. The average Bonchev–Trinajstić information content (AvgIpc) is 2.92. The number of phenolic OH excluding ortho intramolecular Hbond substituents is 1. The molecule has 4 atom stereocenters. The van der Waals surface area contributed by atoms with Gasteiger partial charge in [0.2, 0.25) is 0 Å². The number of ether oxygens (including phenoxy) is 1. The minimum absolute atomic E-state index is 0.0950. The number of nitriles is 1. The van der Waals surface area contributed by atoms with Crippen LogP contribution in [0.3, 0.4) is 0 Å². The Kier molecular flexibility index (Phi) is 7.10. The number of nitrogens with two attached hydrogens (primary N) is 4. The molecule has 11 N–H and O–H groups in total. The highest BCUT2D eigenvalue weighted by atomic mass is 16.5. The number of amides is 1. The summed E-state index contributed by atoms with van der Waals surface area (Å²) < 4.78 is 5.67. The summed E-state index contributed by atoms with van der Waals surface area (Å²) in [6.07, 6.45) is -0.625. The van der Waals surface area contributed by atoms with Crippen molar-refractivity contribution >= 4 is 23.2 Å². The Labute approximate surface area is 253 Å². The Morgan fingerprint density at radius 3 is 2.41 bits per heavy atom. The molecule has 0 radical (unpaired) electrons. The molecule has 2 aromatic carbocycles. The van der Waals surface area contributed by atoms with Gasteiger partial charge in [-0.2, -0.15) is 5.26 Å². The minimum atomic E-state index is -2.72. The number of Topliss-reactive ketones (excluding diaryl/α,β-unsaturated/α-hetero) is 2. The Hall–Kier alpha value is -4.74. The molecule has 0 aromatic heterocycles. The molecule has 230 valence electrons. The van der Waals surface area contributed by atoms with Crippen molar-refractivity contribution in [3.8, 4) is 28.7 Å². The van der Waals surface area contributed by atoms with Crippen molar-refractivity contribution in [2.24, 2.45) is 28.3 Å². The first kappa shape index (κ1) is 30.7. The van der Waals surface area contributed by atoms with Crippen molar-refractivity contribution in [2.45, 2.75) is 43.4 Å². The molecule has 5 rings (SSSR count). The highest BCUT2D eigenvalue weighted by Gasteiger charge is 2.74. The van der Waals surface area contributed by atoms with E-state index in [1.807, 2.05) is 13.0 Å². The summed E-state index contributed by atoms with van der Waals surface area (Å²) in [5, 5.41) is 44.5. The van der Waals surface area contributed by atoms with Crippen LogP contribution >= 0.6 is 0 Å². The number of likely N-dealkylation sites (N-methyl/N-ethyl adjacent to an activating group) is 1. The van der Waals surface area contributed by atoms with Gasteiger partial charge in [0.25, 0.3) is 5.91 Å².